The van der Waals surface area contributed by atoms with Crippen molar-refractivity contribution in [2.45, 2.75) is 64.2 Å². The Labute approximate surface area is 103 Å². The third-order valence-corrected chi connectivity index (χ3v) is 6.83. The van der Waals surface area contributed by atoms with Gasteiger partial charge in [-0.25, -0.2) is 0 Å². The molecule has 0 aromatic rings. The van der Waals surface area contributed by atoms with Gasteiger partial charge in [0.1, 0.15) is 0 Å². The molecule has 0 aromatic carbocycles. The zero-order valence-electron chi connectivity index (χ0n) is 11.5. The Hall–Kier alpha value is -0.303. The molecule has 0 nitrogen and oxygen atoms in total. The molecule has 16 heavy (non-hydrogen) atoms. The molecule has 0 N–H and O–H groups in total. The Bertz CT molecular complexity index is 239. The highest BCUT2D eigenvalue weighted by atomic mass is 28.3. The quantitative estimate of drug-likeness (QED) is 0.452. The summed E-state index contributed by atoms with van der Waals surface area (Å²) in [5.74, 6) is 0.862. The van der Waals surface area contributed by atoms with Crippen LogP contribution in [0.1, 0.15) is 39.0 Å². The lowest BCUT2D eigenvalue weighted by Crippen LogP contribution is -2.24. The predicted molar refractivity (Wildman–Crippen MR) is 77.6 cm³/mol. The second-order valence-corrected chi connectivity index (χ2v) is 12.0. The summed E-state index contributed by atoms with van der Waals surface area (Å²) >= 11 is 0. The average Bonchev–Trinajstić information content (AvgIpc) is 2.24. The lowest BCUT2D eigenvalue weighted by atomic mass is 9.89. The summed E-state index contributed by atoms with van der Waals surface area (Å²) in [5, 5.41) is 0. The SMILES string of the molecule is C[C@H](/C=C\C=C\C1CCCCC1)[Si](C)(C)C. The first-order chi connectivity index (χ1) is 7.50. The summed E-state index contributed by atoms with van der Waals surface area (Å²) in [4.78, 5) is 0. The van der Waals surface area contributed by atoms with Crippen molar-refractivity contribution in [2.24, 2.45) is 5.92 Å². The van der Waals surface area contributed by atoms with Crippen molar-refractivity contribution in [1.29, 1.82) is 0 Å². The second kappa shape index (κ2) is 6.44. The molecule has 1 heteroatoms. The van der Waals surface area contributed by atoms with E-state index in [9.17, 15) is 0 Å². The van der Waals surface area contributed by atoms with Gasteiger partial charge >= 0.3 is 0 Å². The summed E-state index contributed by atoms with van der Waals surface area (Å²) in [6, 6.07) is 0. The third kappa shape index (κ3) is 5.15. The lowest BCUT2D eigenvalue weighted by Gasteiger charge is -2.21. The number of rotatable bonds is 4. The van der Waals surface area contributed by atoms with E-state index >= 15 is 0 Å². The summed E-state index contributed by atoms with van der Waals surface area (Å²) in [6.07, 6.45) is 16.5. The van der Waals surface area contributed by atoms with Crippen LogP contribution in [0, 0.1) is 5.92 Å². The van der Waals surface area contributed by atoms with Crippen LogP contribution < -0.4 is 0 Å². The summed E-state index contributed by atoms with van der Waals surface area (Å²) < 4.78 is 0. The van der Waals surface area contributed by atoms with Gasteiger partial charge in [0.25, 0.3) is 0 Å². The molecule has 1 saturated carbocycles. The Morgan fingerprint density at radius 2 is 1.62 bits per heavy atom. The van der Waals surface area contributed by atoms with Gasteiger partial charge < -0.3 is 0 Å². The van der Waals surface area contributed by atoms with Crippen molar-refractivity contribution in [1.82, 2.24) is 0 Å². The van der Waals surface area contributed by atoms with Gasteiger partial charge in [-0.15, -0.1) is 0 Å². The van der Waals surface area contributed by atoms with Gasteiger partial charge in [-0.2, -0.15) is 0 Å². The van der Waals surface area contributed by atoms with Gasteiger partial charge in [0.15, 0.2) is 0 Å². The van der Waals surface area contributed by atoms with Crippen molar-refractivity contribution in [3.05, 3.63) is 24.3 Å². The third-order valence-electron chi connectivity index (χ3n) is 3.91. The maximum absolute atomic E-state index is 2.44. The summed E-state index contributed by atoms with van der Waals surface area (Å²) in [6.45, 7) is 9.67. The van der Waals surface area contributed by atoms with E-state index in [2.05, 4.69) is 50.9 Å². The first kappa shape index (κ1) is 13.8. The number of hydrogen-bond acceptors (Lipinski definition) is 0. The van der Waals surface area contributed by atoms with Gasteiger partial charge in [-0.1, -0.05) is 70.1 Å². The molecule has 1 aliphatic carbocycles. The molecule has 1 atom stereocenters. The van der Waals surface area contributed by atoms with E-state index in [4.69, 9.17) is 0 Å². The summed E-state index contributed by atoms with van der Waals surface area (Å²) in [5.41, 5.74) is 0.781. The van der Waals surface area contributed by atoms with E-state index in [-0.39, 0.29) is 0 Å². The van der Waals surface area contributed by atoms with Gasteiger partial charge in [-0.05, 0) is 24.3 Å². The molecule has 92 valence electrons. The molecule has 0 unspecified atom stereocenters. The highest BCUT2D eigenvalue weighted by Crippen LogP contribution is 2.25. The molecular weight excluding hydrogens is 208 g/mol. The van der Waals surface area contributed by atoms with Crippen LogP contribution in [0.15, 0.2) is 24.3 Å². The van der Waals surface area contributed by atoms with Crippen molar-refractivity contribution in [3.8, 4) is 0 Å². The Balaban J connectivity index is 2.32. The van der Waals surface area contributed by atoms with E-state index in [1.165, 1.54) is 32.1 Å². The van der Waals surface area contributed by atoms with Crippen molar-refractivity contribution >= 4 is 8.07 Å². The fourth-order valence-corrected chi connectivity index (χ4v) is 2.76. The lowest BCUT2D eigenvalue weighted by molar-refractivity contribution is 0.419. The molecule has 1 fully saturated rings. The standard InChI is InChI=1S/C15H28Si/c1-14(16(2,3)4)10-8-9-13-15-11-6-5-7-12-15/h8-10,13-15H,5-7,11-12H2,1-4H3/b10-8-,13-9+/t14-/m1/s1. The van der Waals surface area contributed by atoms with Crippen LogP contribution in [0.5, 0.6) is 0 Å². The molecule has 1 aliphatic rings. The van der Waals surface area contributed by atoms with Crippen molar-refractivity contribution in [3.63, 3.8) is 0 Å². The Morgan fingerprint density at radius 1 is 1.00 bits per heavy atom. The smallest absolute Gasteiger partial charge is 0.0510 e. The first-order valence-electron chi connectivity index (χ1n) is 6.85. The average molecular weight is 236 g/mol. The fraction of sp³-hybridized carbons (Fsp3) is 0.733. The van der Waals surface area contributed by atoms with Gasteiger partial charge in [0.2, 0.25) is 0 Å². The molecule has 0 aromatic heterocycles. The molecule has 0 aliphatic heterocycles. The normalized spacial score (nSPS) is 22.0. The monoisotopic (exact) mass is 236 g/mol. The molecule has 0 bridgehead atoms. The number of allylic oxidation sites excluding steroid dienone is 4. The Kier molecular flexibility index (Phi) is 5.54. The van der Waals surface area contributed by atoms with E-state index in [1.807, 2.05) is 0 Å². The zero-order chi connectivity index (χ0) is 12.0. The highest BCUT2D eigenvalue weighted by molar-refractivity contribution is 6.77. The van der Waals surface area contributed by atoms with Crippen LogP contribution in [-0.2, 0) is 0 Å². The largest absolute Gasteiger partial charge is 0.0844 e. The van der Waals surface area contributed by atoms with E-state index < -0.39 is 8.07 Å². The molecule has 0 radical (unpaired) electrons. The first-order valence-corrected chi connectivity index (χ1v) is 10.4. The van der Waals surface area contributed by atoms with E-state index in [1.54, 1.807) is 0 Å². The van der Waals surface area contributed by atoms with Crippen LogP contribution in [-0.4, -0.2) is 8.07 Å². The minimum atomic E-state index is -0.971. The molecule has 1 rings (SSSR count). The van der Waals surface area contributed by atoms with Crippen LogP contribution >= 0.6 is 0 Å². The fourth-order valence-electron chi connectivity index (χ4n) is 2.07. The Morgan fingerprint density at radius 3 is 2.19 bits per heavy atom. The van der Waals surface area contributed by atoms with Gasteiger partial charge in [-0.3, -0.25) is 0 Å². The second-order valence-electron chi connectivity index (χ2n) is 6.32. The van der Waals surface area contributed by atoms with E-state index in [0.717, 1.165) is 11.5 Å². The maximum Gasteiger partial charge on any atom is 0.0510 e. The summed E-state index contributed by atoms with van der Waals surface area (Å²) in [7, 11) is -0.971. The zero-order valence-corrected chi connectivity index (χ0v) is 12.5. The minimum absolute atomic E-state index is 0.781. The number of hydrogen-bond donors (Lipinski definition) is 0. The van der Waals surface area contributed by atoms with Crippen LogP contribution in [0.2, 0.25) is 25.2 Å². The topological polar surface area (TPSA) is 0 Å². The van der Waals surface area contributed by atoms with Gasteiger partial charge in [0.05, 0.1) is 8.07 Å². The van der Waals surface area contributed by atoms with Crippen LogP contribution in [0.25, 0.3) is 0 Å². The molecule has 0 heterocycles. The van der Waals surface area contributed by atoms with Crippen molar-refractivity contribution in [2.75, 3.05) is 0 Å². The van der Waals surface area contributed by atoms with Crippen LogP contribution in [0.4, 0.5) is 0 Å². The molecule has 0 saturated heterocycles. The van der Waals surface area contributed by atoms with Crippen molar-refractivity contribution < 1.29 is 0 Å². The van der Waals surface area contributed by atoms with Crippen LogP contribution in [0.3, 0.4) is 0 Å². The van der Waals surface area contributed by atoms with E-state index in [0.29, 0.717) is 0 Å². The molecule has 0 spiro atoms. The van der Waals surface area contributed by atoms with Gasteiger partial charge in [0, 0.05) is 0 Å². The molecule has 0 amide bonds. The minimum Gasteiger partial charge on any atom is -0.0844 e. The molecular formula is C15H28Si. The predicted octanol–water partition coefficient (Wildman–Crippen LogP) is 5.41. The maximum atomic E-state index is 2.44. The highest BCUT2D eigenvalue weighted by Gasteiger charge is 2.19.